The summed E-state index contributed by atoms with van der Waals surface area (Å²) in [7, 11) is 0. The van der Waals surface area contributed by atoms with Gasteiger partial charge in [-0.05, 0) is 18.1 Å². The molecule has 1 atom stereocenters. The van der Waals surface area contributed by atoms with Gasteiger partial charge in [0.2, 0.25) is 0 Å². The fourth-order valence-corrected chi connectivity index (χ4v) is 2.49. The Morgan fingerprint density at radius 1 is 1.37 bits per heavy atom. The van der Waals surface area contributed by atoms with Gasteiger partial charge in [0.15, 0.2) is 0 Å². The molecule has 0 saturated heterocycles. The van der Waals surface area contributed by atoms with Gasteiger partial charge in [0, 0.05) is 17.1 Å². The molecule has 0 fully saturated rings. The molecule has 2 aromatic rings. The van der Waals surface area contributed by atoms with Gasteiger partial charge in [-0.15, -0.1) is 0 Å². The third-order valence-electron chi connectivity index (χ3n) is 3.52. The fraction of sp³-hybridized carbons (Fsp3) is 0.400. The number of H-pyrrole nitrogens is 1. The van der Waals surface area contributed by atoms with Crippen LogP contribution in [0.2, 0.25) is 0 Å². The number of hydroxylamine groups is 1. The Bertz CT molecular complexity index is 548. The highest BCUT2D eigenvalue weighted by molar-refractivity contribution is 5.91. The maximum atomic E-state index is 11.9. The minimum Gasteiger partial charge on any atom is -0.361 e. The summed E-state index contributed by atoms with van der Waals surface area (Å²) < 4.78 is 0. The van der Waals surface area contributed by atoms with Gasteiger partial charge in [-0.1, -0.05) is 44.4 Å². The lowest BCUT2D eigenvalue weighted by atomic mass is 9.92. The summed E-state index contributed by atoms with van der Waals surface area (Å²) in [6.07, 6.45) is 5.81. The minimum absolute atomic E-state index is 0.298. The van der Waals surface area contributed by atoms with E-state index in [0.717, 1.165) is 42.1 Å². The molecule has 1 aromatic carbocycles. The second kappa shape index (κ2) is 6.38. The Balaban J connectivity index is 2.29. The fourth-order valence-electron chi connectivity index (χ4n) is 2.49. The molecular formula is C15H20N2O2. The first kappa shape index (κ1) is 13.6. The topological polar surface area (TPSA) is 65.1 Å². The quantitative estimate of drug-likeness (QED) is 0.423. The highest BCUT2D eigenvalue weighted by Gasteiger charge is 2.22. The van der Waals surface area contributed by atoms with E-state index in [2.05, 4.69) is 11.9 Å². The van der Waals surface area contributed by atoms with Crippen molar-refractivity contribution >= 4 is 16.8 Å². The number of hydrogen-bond donors (Lipinski definition) is 3. The first-order chi connectivity index (χ1) is 9.27. The number of benzene rings is 1. The van der Waals surface area contributed by atoms with E-state index in [-0.39, 0.29) is 11.8 Å². The van der Waals surface area contributed by atoms with E-state index in [9.17, 15) is 4.79 Å². The van der Waals surface area contributed by atoms with Gasteiger partial charge in [-0.2, -0.15) is 0 Å². The Morgan fingerprint density at radius 3 is 2.89 bits per heavy atom. The Kier molecular flexibility index (Phi) is 4.58. The minimum atomic E-state index is -0.333. The highest BCUT2D eigenvalue weighted by Crippen LogP contribution is 2.29. The summed E-state index contributed by atoms with van der Waals surface area (Å²) in [5.74, 6) is -0.631. The largest absolute Gasteiger partial charge is 0.361 e. The van der Waals surface area contributed by atoms with Crippen LogP contribution in [0.5, 0.6) is 0 Å². The summed E-state index contributed by atoms with van der Waals surface area (Å²) in [5.41, 5.74) is 3.77. The van der Waals surface area contributed by atoms with Crippen LogP contribution in [0.1, 0.15) is 44.1 Å². The second-order valence-electron chi connectivity index (χ2n) is 4.81. The lowest BCUT2D eigenvalue weighted by molar-refractivity contribution is -0.130. The molecule has 1 unspecified atom stereocenters. The normalized spacial score (nSPS) is 12.5. The highest BCUT2D eigenvalue weighted by atomic mass is 16.5. The molecule has 0 saturated carbocycles. The van der Waals surface area contributed by atoms with Crippen molar-refractivity contribution in [2.75, 3.05) is 0 Å². The van der Waals surface area contributed by atoms with Crippen LogP contribution in [0.25, 0.3) is 10.9 Å². The number of nitrogens with one attached hydrogen (secondary N) is 2. The van der Waals surface area contributed by atoms with E-state index in [1.54, 1.807) is 5.48 Å². The zero-order valence-electron chi connectivity index (χ0n) is 11.1. The number of para-hydroxylation sites is 1. The van der Waals surface area contributed by atoms with Crippen molar-refractivity contribution in [1.82, 2.24) is 10.5 Å². The summed E-state index contributed by atoms with van der Waals surface area (Å²) in [6.45, 7) is 2.13. The van der Waals surface area contributed by atoms with Gasteiger partial charge in [0.05, 0.1) is 5.92 Å². The lowest BCUT2D eigenvalue weighted by Crippen LogP contribution is -2.26. The van der Waals surface area contributed by atoms with Crippen molar-refractivity contribution < 1.29 is 10.0 Å². The molecule has 0 spiro atoms. The molecular weight excluding hydrogens is 240 g/mol. The molecule has 4 nitrogen and oxygen atoms in total. The van der Waals surface area contributed by atoms with E-state index >= 15 is 0 Å². The number of hydrogen-bond acceptors (Lipinski definition) is 2. The third kappa shape index (κ3) is 2.96. The number of fused-ring (bicyclic) bond motifs is 1. The van der Waals surface area contributed by atoms with Crippen molar-refractivity contribution in [1.29, 1.82) is 0 Å². The summed E-state index contributed by atoms with van der Waals surface area (Å²) >= 11 is 0. The molecule has 1 heterocycles. The molecule has 19 heavy (non-hydrogen) atoms. The van der Waals surface area contributed by atoms with Gasteiger partial charge in [-0.3, -0.25) is 10.0 Å². The number of carbonyl (C=O) groups is 1. The van der Waals surface area contributed by atoms with Crippen LogP contribution < -0.4 is 5.48 Å². The molecule has 0 aliphatic heterocycles. The summed E-state index contributed by atoms with van der Waals surface area (Å²) in [6, 6.07) is 7.90. The maximum absolute atomic E-state index is 11.9. The predicted molar refractivity (Wildman–Crippen MR) is 75.1 cm³/mol. The van der Waals surface area contributed by atoms with Gasteiger partial charge in [-0.25, -0.2) is 5.48 Å². The SMILES string of the molecule is CCCCCC(C(=O)NO)c1c[nH]c2ccccc12. The molecule has 3 N–H and O–H groups in total. The third-order valence-corrected chi connectivity index (χ3v) is 3.52. The first-order valence-corrected chi connectivity index (χ1v) is 6.78. The molecule has 102 valence electrons. The number of amides is 1. The number of unbranched alkanes of at least 4 members (excludes halogenated alkanes) is 2. The van der Waals surface area contributed by atoms with Crippen molar-refractivity contribution in [2.45, 2.75) is 38.5 Å². The summed E-state index contributed by atoms with van der Waals surface area (Å²) in [4.78, 5) is 15.0. The van der Waals surface area contributed by atoms with Gasteiger partial charge in [0.25, 0.3) is 5.91 Å². The Labute approximate surface area is 112 Å². The van der Waals surface area contributed by atoms with E-state index < -0.39 is 0 Å². The van der Waals surface area contributed by atoms with Crippen LogP contribution in [0, 0.1) is 0 Å². The number of aromatic nitrogens is 1. The Hall–Kier alpha value is -1.81. The van der Waals surface area contributed by atoms with Crippen LogP contribution in [-0.2, 0) is 4.79 Å². The van der Waals surface area contributed by atoms with E-state index in [4.69, 9.17) is 5.21 Å². The molecule has 0 bridgehead atoms. The van der Waals surface area contributed by atoms with Crippen LogP contribution in [0.4, 0.5) is 0 Å². The molecule has 0 aliphatic carbocycles. The summed E-state index contributed by atoms with van der Waals surface area (Å²) in [5, 5.41) is 9.97. The lowest BCUT2D eigenvalue weighted by Gasteiger charge is -2.14. The van der Waals surface area contributed by atoms with Crippen LogP contribution in [0.15, 0.2) is 30.5 Å². The molecule has 4 heteroatoms. The molecule has 2 rings (SSSR count). The van der Waals surface area contributed by atoms with Crippen molar-refractivity contribution in [2.24, 2.45) is 0 Å². The molecule has 0 radical (unpaired) electrons. The van der Waals surface area contributed by atoms with Crippen molar-refractivity contribution in [3.63, 3.8) is 0 Å². The zero-order chi connectivity index (χ0) is 13.7. The molecule has 1 aromatic heterocycles. The standard InChI is InChI=1S/C15H20N2O2/c1-2-3-4-8-12(15(18)17-19)13-10-16-14-9-6-5-7-11(13)14/h5-7,9-10,12,16,19H,2-4,8H2,1H3,(H,17,18). The maximum Gasteiger partial charge on any atom is 0.250 e. The first-order valence-electron chi connectivity index (χ1n) is 6.78. The second-order valence-corrected chi connectivity index (χ2v) is 4.81. The monoisotopic (exact) mass is 260 g/mol. The van der Waals surface area contributed by atoms with Crippen molar-refractivity contribution in [3.05, 3.63) is 36.0 Å². The zero-order valence-corrected chi connectivity index (χ0v) is 11.1. The Morgan fingerprint density at radius 2 is 2.16 bits per heavy atom. The van der Waals surface area contributed by atoms with Gasteiger partial charge >= 0.3 is 0 Å². The number of carbonyl (C=O) groups excluding carboxylic acids is 1. The van der Waals surface area contributed by atoms with E-state index in [0.29, 0.717) is 0 Å². The van der Waals surface area contributed by atoms with Gasteiger partial charge in [0.1, 0.15) is 0 Å². The molecule has 0 aliphatic rings. The van der Waals surface area contributed by atoms with Crippen molar-refractivity contribution in [3.8, 4) is 0 Å². The number of rotatable bonds is 6. The van der Waals surface area contributed by atoms with Crippen LogP contribution in [-0.4, -0.2) is 16.1 Å². The average molecular weight is 260 g/mol. The predicted octanol–water partition coefficient (Wildman–Crippen LogP) is 3.34. The van der Waals surface area contributed by atoms with Gasteiger partial charge < -0.3 is 4.98 Å². The number of aromatic amines is 1. The average Bonchev–Trinajstić information content (AvgIpc) is 2.87. The van der Waals surface area contributed by atoms with E-state index in [1.165, 1.54) is 0 Å². The molecule has 1 amide bonds. The van der Waals surface area contributed by atoms with Crippen LogP contribution in [0.3, 0.4) is 0 Å². The smallest absolute Gasteiger partial charge is 0.250 e. The van der Waals surface area contributed by atoms with E-state index in [1.807, 2.05) is 30.5 Å². The van der Waals surface area contributed by atoms with Crippen LogP contribution >= 0.6 is 0 Å².